The summed E-state index contributed by atoms with van der Waals surface area (Å²) in [6.07, 6.45) is 1.71. The molecule has 3 nitrogen and oxygen atoms in total. The predicted molar refractivity (Wildman–Crippen MR) is 79.1 cm³/mol. The molecule has 0 unspecified atom stereocenters. The lowest BCUT2D eigenvalue weighted by atomic mass is 9.77. The van der Waals surface area contributed by atoms with E-state index in [9.17, 15) is 4.79 Å². The maximum Gasteiger partial charge on any atom is 0.333 e. The third-order valence-corrected chi connectivity index (χ3v) is 3.90. The van der Waals surface area contributed by atoms with Crippen molar-refractivity contribution in [1.29, 1.82) is 0 Å². The number of carbonyl (C=O) groups is 1. The molecule has 0 bridgehead atoms. The van der Waals surface area contributed by atoms with Crippen molar-refractivity contribution in [1.82, 2.24) is 4.90 Å². The summed E-state index contributed by atoms with van der Waals surface area (Å²) in [4.78, 5) is 14.2. The first-order chi connectivity index (χ1) is 8.47. The minimum absolute atomic E-state index is 0.0237. The van der Waals surface area contributed by atoms with Crippen LogP contribution in [-0.2, 0) is 9.53 Å². The number of rotatable bonds is 3. The van der Waals surface area contributed by atoms with E-state index in [0.29, 0.717) is 11.6 Å². The van der Waals surface area contributed by atoms with Crippen LogP contribution >= 0.6 is 0 Å². The minimum Gasteiger partial charge on any atom is -0.459 e. The summed E-state index contributed by atoms with van der Waals surface area (Å²) in [5.41, 5.74) is 0.521. The molecule has 1 fully saturated rings. The molecular formula is C16H29NO2. The smallest absolute Gasteiger partial charge is 0.333 e. The van der Waals surface area contributed by atoms with Crippen LogP contribution in [0.3, 0.4) is 0 Å². The fraction of sp³-hybridized carbons (Fsp3) is 0.812. The van der Waals surface area contributed by atoms with Crippen molar-refractivity contribution in [2.75, 3.05) is 0 Å². The van der Waals surface area contributed by atoms with Gasteiger partial charge in [-0.1, -0.05) is 6.58 Å². The Morgan fingerprint density at radius 3 is 1.95 bits per heavy atom. The summed E-state index contributed by atoms with van der Waals surface area (Å²) in [7, 11) is 0. The van der Waals surface area contributed by atoms with E-state index in [1.54, 1.807) is 6.92 Å². The SMILES string of the molecule is C=C(C)C(=O)OC1CC(C)(C)N(C(C)C)C(C)(C)C1. The summed E-state index contributed by atoms with van der Waals surface area (Å²) in [5.74, 6) is -0.269. The number of carbonyl (C=O) groups excluding carboxylic acids is 1. The molecule has 0 N–H and O–H groups in total. The molecule has 0 saturated carbocycles. The Bertz CT molecular complexity index is 351. The first-order valence-electron chi connectivity index (χ1n) is 7.13. The van der Waals surface area contributed by atoms with E-state index >= 15 is 0 Å². The van der Waals surface area contributed by atoms with Gasteiger partial charge in [0.25, 0.3) is 0 Å². The molecule has 0 aromatic carbocycles. The van der Waals surface area contributed by atoms with Gasteiger partial charge in [0.1, 0.15) is 6.10 Å². The fourth-order valence-electron chi connectivity index (χ4n) is 3.94. The highest BCUT2D eigenvalue weighted by molar-refractivity contribution is 5.87. The van der Waals surface area contributed by atoms with Gasteiger partial charge in [0, 0.05) is 35.5 Å². The average Bonchev–Trinajstić information content (AvgIpc) is 2.11. The third kappa shape index (κ3) is 3.59. The van der Waals surface area contributed by atoms with Crippen LogP contribution in [0.4, 0.5) is 0 Å². The zero-order valence-corrected chi connectivity index (χ0v) is 13.5. The van der Waals surface area contributed by atoms with Crippen LogP contribution < -0.4 is 0 Å². The minimum atomic E-state index is -0.269. The van der Waals surface area contributed by atoms with E-state index in [-0.39, 0.29) is 23.2 Å². The van der Waals surface area contributed by atoms with Gasteiger partial charge in [-0.3, -0.25) is 4.90 Å². The van der Waals surface area contributed by atoms with Crippen LogP contribution in [0.25, 0.3) is 0 Å². The van der Waals surface area contributed by atoms with E-state index in [1.165, 1.54) is 0 Å². The Morgan fingerprint density at radius 1 is 1.21 bits per heavy atom. The normalized spacial score (nSPS) is 23.4. The van der Waals surface area contributed by atoms with Gasteiger partial charge in [0.2, 0.25) is 0 Å². The number of nitrogens with zero attached hydrogens (tertiary/aromatic N) is 1. The molecule has 1 saturated heterocycles. The van der Waals surface area contributed by atoms with Gasteiger partial charge in [-0.2, -0.15) is 0 Å². The zero-order chi connectivity index (χ0) is 15.0. The third-order valence-electron chi connectivity index (χ3n) is 3.90. The molecule has 1 aliphatic rings. The summed E-state index contributed by atoms with van der Waals surface area (Å²) < 4.78 is 5.59. The Labute approximate surface area is 118 Å². The largest absolute Gasteiger partial charge is 0.459 e. The number of hydrogen-bond acceptors (Lipinski definition) is 3. The van der Waals surface area contributed by atoms with Crippen LogP contribution in [-0.4, -0.2) is 34.1 Å². The van der Waals surface area contributed by atoms with Crippen LogP contribution in [0.2, 0.25) is 0 Å². The molecular weight excluding hydrogens is 238 g/mol. The second kappa shape index (κ2) is 5.28. The summed E-state index contributed by atoms with van der Waals surface area (Å²) in [5, 5.41) is 0. The van der Waals surface area contributed by atoms with E-state index in [4.69, 9.17) is 4.74 Å². The molecule has 0 aromatic heterocycles. The molecule has 110 valence electrons. The van der Waals surface area contributed by atoms with Gasteiger partial charge in [-0.15, -0.1) is 0 Å². The van der Waals surface area contributed by atoms with Crippen LogP contribution in [0, 0.1) is 0 Å². The first-order valence-corrected chi connectivity index (χ1v) is 7.13. The number of ether oxygens (including phenoxy) is 1. The lowest BCUT2D eigenvalue weighted by Crippen LogP contribution is -2.64. The quantitative estimate of drug-likeness (QED) is 0.578. The molecule has 1 rings (SSSR count). The number of piperidine rings is 1. The van der Waals surface area contributed by atoms with Gasteiger partial charge in [-0.25, -0.2) is 4.79 Å². The molecule has 1 aliphatic heterocycles. The fourth-order valence-corrected chi connectivity index (χ4v) is 3.94. The van der Waals surface area contributed by atoms with Crippen molar-refractivity contribution in [2.45, 2.75) is 84.5 Å². The van der Waals surface area contributed by atoms with E-state index in [0.717, 1.165) is 12.8 Å². The Kier molecular flexibility index (Phi) is 4.51. The standard InChI is InChI=1S/C16H29NO2/c1-11(2)14(18)19-13-9-15(5,6)17(12(3)4)16(7,8)10-13/h12-13H,1,9-10H2,2-8H3. The Hall–Kier alpha value is -0.830. The second-order valence-electron chi connectivity index (χ2n) is 7.30. The van der Waals surface area contributed by atoms with Gasteiger partial charge in [-0.05, 0) is 48.5 Å². The van der Waals surface area contributed by atoms with E-state index < -0.39 is 0 Å². The summed E-state index contributed by atoms with van der Waals surface area (Å²) in [6, 6.07) is 0.475. The van der Waals surface area contributed by atoms with Crippen molar-refractivity contribution in [3.8, 4) is 0 Å². The molecule has 3 heteroatoms. The maximum atomic E-state index is 11.7. The zero-order valence-electron chi connectivity index (χ0n) is 13.5. The van der Waals surface area contributed by atoms with Gasteiger partial charge < -0.3 is 4.74 Å². The van der Waals surface area contributed by atoms with Crippen LogP contribution in [0.15, 0.2) is 12.2 Å². The Balaban J connectivity index is 2.90. The monoisotopic (exact) mass is 267 g/mol. The van der Waals surface area contributed by atoms with Crippen molar-refractivity contribution < 1.29 is 9.53 Å². The molecule has 1 heterocycles. The molecule has 0 aromatic rings. The van der Waals surface area contributed by atoms with Gasteiger partial charge in [0.05, 0.1) is 0 Å². The number of esters is 1. The summed E-state index contributed by atoms with van der Waals surface area (Å²) in [6.45, 7) is 18.7. The van der Waals surface area contributed by atoms with Gasteiger partial charge >= 0.3 is 5.97 Å². The average molecular weight is 267 g/mol. The van der Waals surface area contributed by atoms with Crippen molar-refractivity contribution in [3.63, 3.8) is 0 Å². The summed E-state index contributed by atoms with van der Waals surface area (Å²) >= 11 is 0. The first kappa shape index (κ1) is 16.2. The van der Waals surface area contributed by atoms with Crippen molar-refractivity contribution in [3.05, 3.63) is 12.2 Å². The maximum absolute atomic E-state index is 11.7. The molecule has 19 heavy (non-hydrogen) atoms. The van der Waals surface area contributed by atoms with Crippen LogP contribution in [0.1, 0.15) is 61.3 Å². The molecule has 0 aliphatic carbocycles. The van der Waals surface area contributed by atoms with Crippen LogP contribution in [0.5, 0.6) is 0 Å². The number of hydrogen-bond donors (Lipinski definition) is 0. The van der Waals surface area contributed by atoms with Crippen molar-refractivity contribution >= 4 is 5.97 Å². The van der Waals surface area contributed by atoms with E-state index in [2.05, 4.69) is 53.0 Å². The van der Waals surface area contributed by atoms with Crippen molar-refractivity contribution in [2.24, 2.45) is 0 Å². The molecule has 0 radical (unpaired) electrons. The molecule has 0 amide bonds. The van der Waals surface area contributed by atoms with E-state index in [1.807, 2.05) is 0 Å². The highest BCUT2D eigenvalue weighted by Crippen LogP contribution is 2.41. The van der Waals surface area contributed by atoms with Gasteiger partial charge in [0.15, 0.2) is 0 Å². The topological polar surface area (TPSA) is 29.5 Å². The molecule has 0 spiro atoms. The highest BCUT2D eigenvalue weighted by atomic mass is 16.5. The Morgan fingerprint density at radius 2 is 1.63 bits per heavy atom. The number of likely N-dealkylation sites (tertiary alicyclic amines) is 1. The molecule has 0 atom stereocenters. The highest BCUT2D eigenvalue weighted by Gasteiger charge is 2.47. The predicted octanol–water partition coefficient (Wildman–Crippen LogP) is 3.54. The second-order valence-corrected chi connectivity index (χ2v) is 7.30. The lowest BCUT2D eigenvalue weighted by molar-refractivity contribution is -0.158. The lowest BCUT2D eigenvalue weighted by Gasteiger charge is -2.56.